The Morgan fingerprint density at radius 1 is 0.864 bits per heavy atom. The fraction of sp³-hybridized carbons (Fsp3) is 0.333. The number of rotatable bonds is 9. The lowest BCUT2D eigenvalue weighted by molar-refractivity contribution is -0.122. The van der Waals surface area contributed by atoms with E-state index in [0.29, 0.717) is 26.4 Å². The summed E-state index contributed by atoms with van der Waals surface area (Å²) >= 11 is 0. The third-order valence-electron chi connectivity index (χ3n) is 8.00. The van der Waals surface area contributed by atoms with Gasteiger partial charge in [-0.15, -0.1) is 0 Å². The number of fused-ring (bicyclic) bond motifs is 1. The fourth-order valence-electron chi connectivity index (χ4n) is 5.66. The predicted molar refractivity (Wildman–Crippen MR) is 170 cm³/mol. The van der Waals surface area contributed by atoms with E-state index in [9.17, 15) is 0 Å². The van der Waals surface area contributed by atoms with Crippen LogP contribution < -0.4 is 18.9 Å². The van der Waals surface area contributed by atoms with Gasteiger partial charge in [-0.3, -0.25) is 14.7 Å². The summed E-state index contributed by atoms with van der Waals surface area (Å²) in [5, 5.41) is 6.89. The molecule has 44 heavy (non-hydrogen) atoms. The van der Waals surface area contributed by atoms with Gasteiger partial charge in [0, 0.05) is 36.1 Å². The molecule has 0 radical (unpaired) electrons. The number of hydrogen-bond donors (Lipinski definition) is 1. The Balaban J connectivity index is 0.00000123. The fourth-order valence-corrected chi connectivity index (χ4v) is 5.66. The lowest BCUT2D eigenvalue weighted by Crippen LogP contribution is -2.29. The third-order valence-corrected chi connectivity index (χ3v) is 8.00. The van der Waals surface area contributed by atoms with Gasteiger partial charge in [-0.25, -0.2) is 0 Å². The van der Waals surface area contributed by atoms with Gasteiger partial charge in [0.2, 0.25) is 0 Å². The second-order valence-corrected chi connectivity index (χ2v) is 11.1. The number of benzene rings is 3. The molecule has 0 saturated carbocycles. The van der Waals surface area contributed by atoms with Crippen LogP contribution in [0.15, 0.2) is 73.1 Å². The van der Waals surface area contributed by atoms with E-state index in [0.717, 1.165) is 70.4 Å². The maximum atomic E-state index is 8.36. The lowest BCUT2D eigenvalue weighted by atomic mass is 9.96. The van der Waals surface area contributed by atoms with Crippen molar-refractivity contribution >= 4 is 6.47 Å². The predicted octanol–water partition coefficient (Wildman–Crippen LogP) is 6.98. The average Bonchev–Trinajstić information content (AvgIpc) is 3.05. The van der Waals surface area contributed by atoms with Crippen molar-refractivity contribution in [2.45, 2.75) is 52.9 Å². The first kappa shape index (κ1) is 30.9. The zero-order valence-corrected chi connectivity index (χ0v) is 25.5. The summed E-state index contributed by atoms with van der Waals surface area (Å²) in [5.74, 6) is 3.33. The number of nitrogens with zero attached hydrogens (tertiary/aromatic N) is 2. The summed E-state index contributed by atoms with van der Waals surface area (Å²) in [7, 11) is 0. The highest BCUT2D eigenvalue weighted by Gasteiger charge is 2.18. The molecule has 0 unspecified atom stereocenters. The van der Waals surface area contributed by atoms with Crippen molar-refractivity contribution in [3.63, 3.8) is 0 Å². The second kappa shape index (κ2) is 15.3. The third kappa shape index (κ3) is 7.88. The summed E-state index contributed by atoms with van der Waals surface area (Å²) in [6, 6.07) is 20.8. The number of likely N-dealkylation sites (tertiary alicyclic amines) is 1. The average molecular weight is 597 g/mol. The smallest absolute Gasteiger partial charge is 0.290 e. The van der Waals surface area contributed by atoms with Gasteiger partial charge >= 0.3 is 0 Å². The topological polar surface area (TPSA) is 90.4 Å². The van der Waals surface area contributed by atoms with E-state index in [2.05, 4.69) is 66.2 Å². The Bertz CT molecular complexity index is 1540. The molecule has 0 atom stereocenters. The SMILES string of the molecule is Cc1cc(CN2CCCCC2)c(OCc2cccnc2)cc1OCc1cccc(-c2ccc3c(c2)OCCO3)c1C.O=CO. The minimum absolute atomic E-state index is 0.250. The molecule has 3 aromatic carbocycles. The molecule has 8 heteroatoms. The van der Waals surface area contributed by atoms with Crippen LogP contribution in [-0.4, -0.2) is 47.8 Å². The van der Waals surface area contributed by atoms with Crippen molar-refractivity contribution in [1.82, 2.24) is 9.88 Å². The Kier molecular flexibility index (Phi) is 10.7. The van der Waals surface area contributed by atoms with Crippen molar-refractivity contribution in [3.05, 3.63) is 101 Å². The van der Waals surface area contributed by atoms with Crippen LogP contribution in [0.2, 0.25) is 0 Å². The quantitative estimate of drug-likeness (QED) is 0.207. The highest BCUT2D eigenvalue weighted by atomic mass is 16.6. The molecule has 3 heterocycles. The molecule has 2 aliphatic rings. The molecule has 0 spiro atoms. The highest BCUT2D eigenvalue weighted by molar-refractivity contribution is 5.71. The Morgan fingerprint density at radius 2 is 1.64 bits per heavy atom. The number of carboxylic acid groups (broad SMARTS) is 1. The van der Waals surface area contributed by atoms with E-state index >= 15 is 0 Å². The molecule has 6 rings (SSSR count). The lowest BCUT2D eigenvalue weighted by Gasteiger charge is -2.27. The zero-order chi connectivity index (χ0) is 30.7. The minimum Gasteiger partial charge on any atom is -0.488 e. The molecule has 0 amide bonds. The Hall–Kier alpha value is -4.56. The van der Waals surface area contributed by atoms with Crippen molar-refractivity contribution in [3.8, 4) is 34.1 Å². The first-order valence-electron chi connectivity index (χ1n) is 15.1. The van der Waals surface area contributed by atoms with Gasteiger partial charge in [-0.05, 0) is 91.9 Å². The molecule has 0 bridgehead atoms. The van der Waals surface area contributed by atoms with Gasteiger partial charge in [0.1, 0.15) is 37.9 Å². The van der Waals surface area contributed by atoms with Gasteiger partial charge < -0.3 is 24.1 Å². The molecule has 1 N–H and O–H groups in total. The molecule has 1 fully saturated rings. The zero-order valence-electron chi connectivity index (χ0n) is 25.5. The van der Waals surface area contributed by atoms with Crippen LogP contribution in [0.1, 0.15) is 47.1 Å². The Morgan fingerprint density at radius 3 is 2.41 bits per heavy atom. The maximum Gasteiger partial charge on any atom is 0.290 e. The van der Waals surface area contributed by atoms with Crippen LogP contribution in [0, 0.1) is 13.8 Å². The normalized spacial score (nSPS) is 14.2. The minimum atomic E-state index is -0.250. The number of ether oxygens (including phenoxy) is 4. The van der Waals surface area contributed by atoms with E-state index in [1.165, 1.54) is 30.4 Å². The van der Waals surface area contributed by atoms with Gasteiger partial charge in [-0.1, -0.05) is 36.8 Å². The van der Waals surface area contributed by atoms with E-state index < -0.39 is 0 Å². The molecule has 8 nitrogen and oxygen atoms in total. The Labute approximate surface area is 259 Å². The second-order valence-electron chi connectivity index (χ2n) is 11.1. The van der Waals surface area contributed by atoms with Gasteiger partial charge in [0.15, 0.2) is 11.5 Å². The van der Waals surface area contributed by atoms with Crippen LogP contribution in [0.5, 0.6) is 23.0 Å². The number of piperidine rings is 1. The number of hydrogen-bond acceptors (Lipinski definition) is 7. The van der Waals surface area contributed by atoms with Crippen molar-refractivity contribution < 1.29 is 28.8 Å². The summed E-state index contributed by atoms with van der Waals surface area (Å²) in [5.41, 5.74) is 7.98. The monoisotopic (exact) mass is 596 g/mol. The summed E-state index contributed by atoms with van der Waals surface area (Å²) in [4.78, 5) is 15.1. The van der Waals surface area contributed by atoms with Crippen molar-refractivity contribution in [2.75, 3.05) is 26.3 Å². The molecule has 2 aliphatic heterocycles. The number of aryl methyl sites for hydroxylation is 1. The molecular formula is C36H40N2O6. The highest BCUT2D eigenvalue weighted by Crippen LogP contribution is 2.37. The first-order chi connectivity index (χ1) is 21.6. The van der Waals surface area contributed by atoms with E-state index in [1.54, 1.807) is 6.20 Å². The van der Waals surface area contributed by atoms with Crippen LogP contribution in [-0.2, 0) is 24.6 Å². The summed E-state index contributed by atoms with van der Waals surface area (Å²) < 4.78 is 24.4. The molecular weight excluding hydrogens is 556 g/mol. The summed E-state index contributed by atoms with van der Waals surface area (Å²) in [6.45, 7) is 9.30. The van der Waals surface area contributed by atoms with Gasteiger partial charge in [0.05, 0.1) is 0 Å². The van der Waals surface area contributed by atoms with Crippen molar-refractivity contribution in [1.29, 1.82) is 0 Å². The van der Waals surface area contributed by atoms with Crippen LogP contribution in [0.3, 0.4) is 0 Å². The summed E-state index contributed by atoms with van der Waals surface area (Å²) in [6.07, 6.45) is 7.48. The first-order valence-corrected chi connectivity index (χ1v) is 15.1. The van der Waals surface area contributed by atoms with E-state index in [4.69, 9.17) is 28.8 Å². The van der Waals surface area contributed by atoms with Crippen LogP contribution in [0.4, 0.5) is 0 Å². The molecule has 230 valence electrons. The maximum absolute atomic E-state index is 8.36. The number of pyridine rings is 1. The van der Waals surface area contributed by atoms with E-state index in [-0.39, 0.29) is 6.47 Å². The number of carbonyl (C=O) groups is 1. The molecule has 4 aromatic rings. The molecule has 0 aliphatic carbocycles. The van der Waals surface area contributed by atoms with Gasteiger partial charge in [-0.2, -0.15) is 0 Å². The van der Waals surface area contributed by atoms with Crippen molar-refractivity contribution in [2.24, 2.45) is 0 Å². The van der Waals surface area contributed by atoms with E-state index in [1.807, 2.05) is 24.4 Å². The number of aromatic nitrogens is 1. The molecule has 1 aromatic heterocycles. The van der Waals surface area contributed by atoms with Crippen LogP contribution >= 0.6 is 0 Å². The largest absolute Gasteiger partial charge is 0.488 e. The van der Waals surface area contributed by atoms with Crippen LogP contribution in [0.25, 0.3) is 11.1 Å². The standard InChI is InChI=1S/C35H38N2O4.CH2O2/c1-25-18-30(22-37-14-4-3-5-15-37)34(40-23-27-8-7-13-36-21-27)20-33(25)41-24-29-9-6-10-31(26(29)2)28-11-12-32-35(19-28)39-17-16-38-32;2-1-3/h6-13,18-21H,3-5,14-17,22-24H2,1-2H3;1H,(H,2,3). The van der Waals surface area contributed by atoms with Gasteiger partial charge in [0.25, 0.3) is 6.47 Å². The molecule has 1 saturated heterocycles.